The molecule has 0 N–H and O–H groups in total. The first kappa shape index (κ1) is 28.0. The largest absolute Gasteiger partial charge is 0.179 e. The van der Waals surface area contributed by atoms with E-state index in [9.17, 15) is 0 Å². The SMILES string of the molecule is C1=CCCC([Si](c2ccccc2)(c2ccccc2)c2ccc([Si](c3ccccc3)(c3ccccc3)c3ccccc3)cc2)=C1. The molecule has 0 aliphatic heterocycles. The van der Waals surface area contributed by atoms with Crippen LogP contribution in [0.2, 0.25) is 0 Å². The topological polar surface area (TPSA) is 0 Å². The second-order valence-electron chi connectivity index (χ2n) is 11.6. The van der Waals surface area contributed by atoms with Crippen LogP contribution >= 0.6 is 0 Å². The van der Waals surface area contributed by atoms with Crippen LogP contribution in [0.4, 0.5) is 0 Å². The zero-order valence-corrected chi connectivity index (χ0v) is 26.9. The minimum atomic E-state index is -2.59. The first-order chi connectivity index (χ1) is 21.8. The molecular weight excluding hydrogens is 561 g/mol. The quantitative estimate of drug-likeness (QED) is 0.164. The summed E-state index contributed by atoms with van der Waals surface area (Å²) in [5, 5.41) is 11.5. The second kappa shape index (κ2) is 12.5. The Labute approximate surface area is 263 Å². The monoisotopic (exact) mass is 596 g/mol. The summed E-state index contributed by atoms with van der Waals surface area (Å²) in [6.45, 7) is 0. The van der Waals surface area contributed by atoms with Crippen molar-refractivity contribution in [3.8, 4) is 0 Å². The number of allylic oxidation sites excluding steroid dienone is 4. The Kier molecular flexibility index (Phi) is 7.94. The average Bonchev–Trinajstić information content (AvgIpc) is 3.12. The van der Waals surface area contributed by atoms with Crippen molar-refractivity contribution in [2.75, 3.05) is 0 Å². The molecule has 0 unspecified atom stereocenters. The average molecular weight is 597 g/mol. The fraction of sp³-hybridized carbons (Fsp3) is 0.0476. The Morgan fingerprint density at radius 1 is 0.318 bits per heavy atom. The van der Waals surface area contributed by atoms with Crippen molar-refractivity contribution in [1.29, 1.82) is 0 Å². The smallest absolute Gasteiger partial charge is 0.0842 e. The van der Waals surface area contributed by atoms with Crippen LogP contribution in [-0.4, -0.2) is 16.1 Å². The molecule has 7 rings (SSSR count). The molecular formula is C42H36Si2. The van der Waals surface area contributed by atoms with E-state index in [1.165, 1.54) is 36.3 Å². The molecule has 0 radical (unpaired) electrons. The number of benzene rings is 6. The van der Waals surface area contributed by atoms with Crippen molar-refractivity contribution >= 4 is 52.5 Å². The van der Waals surface area contributed by atoms with Crippen LogP contribution < -0.4 is 36.3 Å². The number of rotatable bonds is 8. The zero-order chi connectivity index (χ0) is 29.7. The third kappa shape index (κ3) is 4.77. The maximum absolute atomic E-state index is 2.59. The van der Waals surface area contributed by atoms with E-state index in [1.807, 2.05) is 0 Å². The van der Waals surface area contributed by atoms with Gasteiger partial charge in [0.15, 0.2) is 16.1 Å². The van der Waals surface area contributed by atoms with E-state index in [0.29, 0.717) is 0 Å². The first-order valence-electron chi connectivity index (χ1n) is 15.6. The van der Waals surface area contributed by atoms with Crippen molar-refractivity contribution in [1.82, 2.24) is 0 Å². The van der Waals surface area contributed by atoms with E-state index in [0.717, 1.165) is 12.8 Å². The predicted octanol–water partition coefficient (Wildman–Crippen LogP) is 5.35. The van der Waals surface area contributed by atoms with E-state index in [1.54, 1.807) is 5.20 Å². The van der Waals surface area contributed by atoms with E-state index < -0.39 is 16.1 Å². The summed E-state index contributed by atoms with van der Waals surface area (Å²) in [5.41, 5.74) is 0. The summed E-state index contributed by atoms with van der Waals surface area (Å²) in [7, 11) is -5.11. The normalized spacial score (nSPS) is 13.3. The third-order valence-electron chi connectivity index (χ3n) is 9.28. The summed E-state index contributed by atoms with van der Waals surface area (Å²) in [6.07, 6.45) is 9.18. The van der Waals surface area contributed by atoms with Gasteiger partial charge in [0.05, 0.1) is 0 Å². The zero-order valence-electron chi connectivity index (χ0n) is 24.9. The highest BCUT2D eigenvalue weighted by Crippen LogP contribution is 2.24. The molecule has 0 fully saturated rings. The number of hydrogen-bond acceptors (Lipinski definition) is 0. The van der Waals surface area contributed by atoms with Gasteiger partial charge in [0.1, 0.15) is 0 Å². The van der Waals surface area contributed by atoms with Crippen molar-refractivity contribution in [3.63, 3.8) is 0 Å². The van der Waals surface area contributed by atoms with Crippen LogP contribution in [0.1, 0.15) is 12.8 Å². The lowest BCUT2D eigenvalue weighted by atomic mass is 10.2. The summed E-state index contributed by atoms with van der Waals surface area (Å²) in [5.74, 6) is 0. The molecule has 1 aliphatic carbocycles. The van der Waals surface area contributed by atoms with Gasteiger partial charge in [-0.1, -0.05) is 199 Å². The lowest BCUT2D eigenvalue weighted by Gasteiger charge is -2.38. The fourth-order valence-corrected chi connectivity index (χ4v) is 17.2. The van der Waals surface area contributed by atoms with Crippen LogP contribution in [0.3, 0.4) is 0 Å². The van der Waals surface area contributed by atoms with E-state index in [-0.39, 0.29) is 0 Å². The van der Waals surface area contributed by atoms with Gasteiger partial charge in [0, 0.05) is 0 Å². The van der Waals surface area contributed by atoms with Gasteiger partial charge in [-0.15, -0.1) is 0 Å². The maximum Gasteiger partial charge on any atom is 0.179 e. The van der Waals surface area contributed by atoms with Gasteiger partial charge in [-0.05, 0) is 49.1 Å². The molecule has 0 heterocycles. The highest BCUT2D eigenvalue weighted by molar-refractivity contribution is 7.20. The van der Waals surface area contributed by atoms with E-state index >= 15 is 0 Å². The Morgan fingerprint density at radius 2 is 0.614 bits per heavy atom. The lowest BCUT2D eigenvalue weighted by Crippen LogP contribution is -2.75. The molecule has 0 spiro atoms. The van der Waals surface area contributed by atoms with Crippen molar-refractivity contribution < 1.29 is 0 Å². The summed E-state index contributed by atoms with van der Waals surface area (Å²) >= 11 is 0. The van der Waals surface area contributed by atoms with Crippen LogP contribution in [0, 0.1) is 0 Å². The molecule has 0 nitrogen and oxygen atoms in total. The highest BCUT2D eigenvalue weighted by atomic mass is 28.3. The van der Waals surface area contributed by atoms with Crippen molar-refractivity contribution in [2.45, 2.75) is 12.8 Å². The Hall–Kier alpha value is -4.77. The molecule has 0 atom stereocenters. The molecule has 0 amide bonds. The van der Waals surface area contributed by atoms with Crippen LogP contribution in [0.5, 0.6) is 0 Å². The molecule has 0 aromatic heterocycles. The van der Waals surface area contributed by atoms with Gasteiger partial charge >= 0.3 is 0 Å². The molecule has 0 saturated heterocycles. The number of hydrogen-bond donors (Lipinski definition) is 0. The molecule has 44 heavy (non-hydrogen) atoms. The van der Waals surface area contributed by atoms with Gasteiger partial charge in [-0.25, -0.2) is 0 Å². The van der Waals surface area contributed by atoms with Crippen molar-refractivity contribution in [2.24, 2.45) is 0 Å². The van der Waals surface area contributed by atoms with E-state index in [4.69, 9.17) is 0 Å². The molecule has 1 aliphatic rings. The van der Waals surface area contributed by atoms with Gasteiger partial charge in [0.2, 0.25) is 0 Å². The molecule has 0 saturated carbocycles. The predicted molar refractivity (Wildman–Crippen MR) is 194 cm³/mol. The van der Waals surface area contributed by atoms with Gasteiger partial charge in [-0.2, -0.15) is 0 Å². The molecule has 6 aromatic rings. The van der Waals surface area contributed by atoms with Crippen molar-refractivity contribution in [3.05, 3.63) is 199 Å². The van der Waals surface area contributed by atoms with E-state index in [2.05, 4.69) is 194 Å². The van der Waals surface area contributed by atoms with Crippen LogP contribution in [-0.2, 0) is 0 Å². The minimum absolute atomic E-state index is 1.09. The standard InChI is InChI=1S/C42H36Si2/c1-7-19-35(20-8-1)43(36-21-9-2-10-22-36,37-23-11-3-12-24-37)41-31-33-42(34-32-41)44(38-25-13-4-14-26-38,39-27-15-5-16-28-39)40-29-17-6-18-30-40/h1-17,19-29,31-34H,18,30H2. The Bertz CT molecular complexity index is 1720. The third-order valence-corrected chi connectivity index (χ3v) is 19.1. The Balaban J connectivity index is 1.51. The van der Waals surface area contributed by atoms with Crippen LogP contribution in [0.25, 0.3) is 0 Å². The second-order valence-corrected chi connectivity index (χ2v) is 19.2. The maximum atomic E-state index is 2.48. The first-order valence-corrected chi connectivity index (χ1v) is 19.6. The molecule has 6 aromatic carbocycles. The summed E-state index contributed by atoms with van der Waals surface area (Å²) in [6, 6.07) is 66.1. The summed E-state index contributed by atoms with van der Waals surface area (Å²) < 4.78 is 0. The highest BCUT2D eigenvalue weighted by Gasteiger charge is 2.45. The Morgan fingerprint density at radius 3 is 0.932 bits per heavy atom. The molecule has 2 heteroatoms. The van der Waals surface area contributed by atoms with Gasteiger partial charge < -0.3 is 0 Å². The fourth-order valence-electron chi connectivity index (χ4n) is 7.38. The summed E-state index contributed by atoms with van der Waals surface area (Å²) in [4.78, 5) is 0. The minimum Gasteiger partial charge on any atom is -0.0842 e. The molecule has 212 valence electrons. The molecule has 0 bridgehead atoms. The lowest BCUT2D eigenvalue weighted by molar-refractivity contribution is 1.01. The van der Waals surface area contributed by atoms with Gasteiger partial charge in [0.25, 0.3) is 0 Å². The van der Waals surface area contributed by atoms with Gasteiger partial charge in [-0.3, -0.25) is 0 Å². The van der Waals surface area contributed by atoms with Crippen LogP contribution in [0.15, 0.2) is 199 Å².